The topological polar surface area (TPSA) is 34.1 Å². The highest BCUT2D eigenvalue weighted by Gasteiger charge is 2.03. The van der Waals surface area contributed by atoms with Crippen LogP contribution in [0.15, 0.2) is 48.5 Å². The van der Waals surface area contributed by atoms with E-state index in [0.29, 0.717) is 5.88 Å². The predicted octanol–water partition coefficient (Wildman–Crippen LogP) is 4.73. The molecule has 0 aliphatic carbocycles. The average Bonchev–Trinajstić information content (AvgIpc) is 2.48. The van der Waals surface area contributed by atoms with Crippen molar-refractivity contribution in [3.63, 3.8) is 0 Å². The molecule has 0 saturated carbocycles. The van der Waals surface area contributed by atoms with Gasteiger partial charge in [-0.1, -0.05) is 43.3 Å². The van der Waals surface area contributed by atoms with E-state index in [2.05, 4.69) is 17.2 Å². The van der Waals surface area contributed by atoms with Gasteiger partial charge in [0.1, 0.15) is 11.6 Å². The Balaban J connectivity index is 2.17. The molecule has 0 aliphatic heterocycles. The van der Waals surface area contributed by atoms with Gasteiger partial charge in [-0.05, 0) is 25.5 Å². The summed E-state index contributed by atoms with van der Waals surface area (Å²) in [6.07, 6.45) is 5.08. The van der Waals surface area contributed by atoms with E-state index in [4.69, 9.17) is 4.74 Å². The first-order valence-corrected chi connectivity index (χ1v) is 6.94. The smallest absolute Gasteiger partial charge is 0.221 e. The summed E-state index contributed by atoms with van der Waals surface area (Å²) >= 11 is 0. The number of benzene rings is 1. The third kappa shape index (κ3) is 3.85. The van der Waals surface area contributed by atoms with Crippen molar-refractivity contribution in [2.24, 2.45) is 0 Å². The van der Waals surface area contributed by atoms with Crippen molar-refractivity contribution in [3.8, 4) is 11.6 Å². The molecule has 1 aromatic carbocycles. The van der Waals surface area contributed by atoms with E-state index in [1.54, 1.807) is 0 Å². The Morgan fingerprint density at radius 2 is 2.00 bits per heavy atom. The minimum atomic E-state index is 0.600. The second-order valence-electron chi connectivity index (χ2n) is 4.43. The van der Waals surface area contributed by atoms with Gasteiger partial charge < -0.3 is 10.1 Å². The number of pyridine rings is 1. The summed E-state index contributed by atoms with van der Waals surface area (Å²) in [5, 5.41) is 3.26. The second kappa shape index (κ2) is 7.34. The molecule has 1 N–H and O–H groups in total. The Morgan fingerprint density at radius 1 is 1.15 bits per heavy atom. The van der Waals surface area contributed by atoms with E-state index in [1.807, 2.05) is 61.5 Å². The van der Waals surface area contributed by atoms with Crippen molar-refractivity contribution in [3.05, 3.63) is 54.1 Å². The lowest BCUT2D eigenvalue weighted by Gasteiger charge is -2.09. The lowest BCUT2D eigenvalue weighted by molar-refractivity contribution is 0.462. The van der Waals surface area contributed by atoms with Gasteiger partial charge >= 0.3 is 0 Å². The van der Waals surface area contributed by atoms with Crippen LogP contribution < -0.4 is 10.1 Å². The molecular weight excluding hydrogens is 248 g/mol. The molecule has 2 aromatic rings. The highest BCUT2D eigenvalue weighted by atomic mass is 16.5. The van der Waals surface area contributed by atoms with Crippen molar-refractivity contribution in [1.82, 2.24) is 4.98 Å². The number of rotatable bonds is 6. The molecule has 0 bridgehead atoms. The number of nitrogens with one attached hydrogen (secondary N) is 1. The molecule has 20 heavy (non-hydrogen) atoms. The zero-order valence-electron chi connectivity index (χ0n) is 12.0. The molecule has 0 spiro atoms. The van der Waals surface area contributed by atoms with Gasteiger partial charge in [0.2, 0.25) is 5.88 Å². The minimum Gasteiger partial charge on any atom is -0.438 e. The highest BCUT2D eigenvalue weighted by molar-refractivity contribution is 5.57. The Labute approximate surface area is 120 Å². The first-order chi connectivity index (χ1) is 9.83. The van der Waals surface area contributed by atoms with Gasteiger partial charge in [-0.15, -0.1) is 0 Å². The zero-order chi connectivity index (χ0) is 14.2. The van der Waals surface area contributed by atoms with E-state index in [9.17, 15) is 0 Å². The summed E-state index contributed by atoms with van der Waals surface area (Å²) in [6, 6.07) is 13.7. The van der Waals surface area contributed by atoms with Crippen molar-refractivity contribution in [1.29, 1.82) is 0 Å². The van der Waals surface area contributed by atoms with Gasteiger partial charge in [-0.25, -0.2) is 0 Å². The summed E-state index contributed by atoms with van der Waals surface area (Å²) < 4.78 is 5.88. The number of anilines is 1. The number of hydrogen-bond acceptors (Lipinski definition) is 3. The Bertz CT molecular complexity index is 579. The van der Waals surface area contributed by atoms with Crippen LogP contribution in [0.4, 0.5) is 5.82 Å². The number of allylic oxidation sites excluding steroid dienone is 1. The summed E-state index contributed by atoms with van der Waals surface area (Å²) in [4.78, 5) is 4.45. The molecule has 1 heterocycles. The molecule has 0 fully saturated rings. The fourth-order valence-electron chi connectivity index (χ4n) is 1.83. The molecule has 2 rings (SSSR count). The van der Waals surface area contributed by atoms with Gasteiger partial charge in [0.05, 0.1) is 0 Å². The molecule has 3 nitrogen and oxygen atoms in total. The van der Waals surface area contributed by atoms with Crippen LogP contribution in [-0.2, 0) is 0 Å². The predicted molar refractivity (Wildman–Crippen MR) is 84.2 cm³/mol. The van der Waals surface area contributed by atoms with Crippen molar-refractivity contribution < 1.29 is 4.74 Å². The van der Waals surface area contributed by atoms with Crippen LogP contribution >= 0.6 is 0 Å². The third-order valence-electron chi connectivity index (χ3n) is 2.76. The van der Waals surface area contributed by atoms with Crippen LogP contribution in [0.5, 0.6) is 11.6 Å². The summed E-state index contributed by atoms with van der Waals surface area (Å²) in [5.74, 6) is 2.25. The van der Waals surface area contributed by atoms with Crippen molar-refractivity contribution >= 4 is 11.9 Å². The standard InChI is InChI=1S/C17H20N2O/c1-3-8-14-9-5-6-10-15(14)20-17-12-7-11-16(19-17)18-13-4-2/h3,5-12H,4,13H2,1-2H3,(H,18,19)/b8-3+. The van der Waals surface area contributed by atoms with Gasteiger partial charge in [0.15, 0.2) is 0 Å². The fraction of sp³-hybridized carbons (Fsp3) is 0.235. The molecule has 0 aliphatic rings. The summed E-state index contributed by atoms with van der Waals surface area (Å²) in [6.45, 7) is 5.02. The van der Waals surface area contributed by atoms with Crippen LogP contribution in [0, 0.1) is 0 Å². The van der Waals surface area contributed by atoms with E-state index >= 15 is 0 Å². The number of ether oxygens (including phenoxy) is 1. The number of hydrogen-bond donors (Lipinski definition) is 1. The van der Waals surface area contributed by atoms with Crippen LogP contribution in [0.2, 0.25) is 0 Å². The number of nitrogens with zero attached hydrogens (tertiary/aromatic N) is 1. The molecule has 0 saturated heterocycles. The Kier molecular flexibility index (Phi) is 5.18. The Morgan fingerprint density at radius 3 is 2.80 bits per heavy atom. The maximum atomic E-state index is 5.88. The van der Waals surface area contributed by atoms with Crippen LogP contribution in [0.25, 0.3) is 6.08 Å². The normalized spacial score (nSPS) is 10.7. The van der Waals surface area contributed by atoms with Gasteiger partial charge in [0, 0.05) is 18.2 Å². The van der Waals surface area contributed by atoms with E-state index in [0.717, 1.165) is 30.1 Å². The molecular formula is C17H20N2O. The third-order valence-corrected chi connectivity index (χ3v) is 2.76. The number of aromatic nitrogens is 1. The van der Waals surface area contributed by atoms with E-state index < -0.39 is 0 Å². The highest BCUT2D eigenvalue weighted by Crippen LogP contribution is 2.25. The minimum absolute atomic E-state index is 0.600. The van der Waals surface area contributed by atoms with Gasteiger partial charge in [0.25, 0.3) is 0 Å². The monoisotopic (exact) mass is 268 g/mol. The Hall–Kier alpha value is -2.29. The second-order valence-corrected chi connectivity index (χ2v) is 4.43. The summed E-state index contributed by atoms with van der Waals surface area (Å²) in [7, 11) is 0. The lowest BCUT2D eigenvalue weighted by Crippen LogP contribution is -2.02. The van der Waals surface area contributed by atoms with Crippen LogP contribution in [-0.4, -0.2) is 11.5 Å². The van der Waals surface area contributed by atoms with Crippen molar-refractivity contribution in [2.45, 2.75) is 20.3 Å². The van der Waals surface area contributed by atoms with Crippen LogP contribution in [0.3, 0.4) is 0 Å². The average molecular weight is 268 g/mol. The molecule has 1 aromatic heterocycles. The van der Waals surface area contributed by atoms with Crippen LogP contribution in [0.1, 0.15) is 25.8 Å². The van der Waals surface area contributed by atoms with Gasteiger partial charge in [-0.2, -0.15) is 4.98 Å². The SMILES string of the molecule is C/C=C/c1ccccc1Oc1cccc(NCCC)n1. The molecule has 104 valence electrons. The number of para-hydroxylation sites is 1. The lowest BCUT2D eigenvalue weighted by atomic mass is 10.2. The molecule has 3 heteroatoms. The largest absolute Gasteiger partial charge is 0.438 e. The fourth-order valence-corrected chi connectivity index (χ4v) is 1.83. The molecule has 0 unspecified atom stereocenters. The molecule has 0 radical (unpaired) electrons. The quantitative estimate of drug-likeness (QED) is 0.822. The zero-order valence-corrected chi connectivity index (χ0v) is 12.0. The maximum Gasteiger partial charge on any atom is 0.221 e. The first kappa shape index (κ1) is 14.1. The van der Waals surface area contributed by atoms with E-state index in [-0.39, 0.29) is 0 Å². The first-order valence-electron chi connectivity index (χ1n) is 6.94. The van der Waals surface area contributed by atoms with Gasteiger partial charge in [-0.3, -0.25) is 0 Å². The van der Waals surface area contributed by atoms with Crippen molar-refractivity contribution in [2.75, 3.05) is 11.9 Å². The summed E-state index contributed by atoms with van der Waals surface area (Å²) in [5.41, 5.74) is 1.05. The molecule has 0 amide bonds. The van der Waals surface area contributed by atoms with E-state index in [1.165, 1.54) is 0 Å². The molecule has 0 atom stereocenters. The maximum absolute atomic E-state index is 5.88.